The third kappa shape index (κ3) is 2.18. The normalized spacial score (nSPS) is 13.9. The largest absolute Gasteiger partial charge is 2.00 e. The Morgan fingerprint density at radius 2 is 1.54 bits per heavy atom. The second kappa shape index (κ2) is 5.77. The molecule has 2 nitrogen and oxygen atoms in total. The number of aromatic amines is 1. The van der Waals surface area contributed by atoms with E-state index in [1.807, 2.05) is 12.1 Å². The number of nitrogens with one attached hydrogen (secondary N) is 1. The van der Waals surface area contributed by atoms with Crippen LogP contribution < -0.4 is 10.1 Å². The maximum Gasteiger partial charge on any atom is 2.00 e. The molecular formula is C22H17BeNOS+2. The van der Waals surface area contributed by atoms with Crippen molar-refractivity contribution in [1.29, 1.82) is 0 Å². The number of aromatic nitrogens is 1. The molecule has 4 aromatic rings. The minimum atomic E-state index is 0. The van der Waals surface area contributed by atoms with Crippen LogP contribution >= 0.6 is 11.3 Å². The fourth-order valence-corrected chi connectivity index (χ4v) is 5.19. The Bertz CT molecular complexity index is 1150. The summed E-state index contributed by atoms with van der Waals surface area (Å²) in [4.78, 5) is 3.46. The van der Waals surface area contributed by atoms with Gasteiger partial charge >= 0.3 is 10.1 Å². The maximum absolute atomic E-state index is 12.2. The Morgan fingerprint density at radius 3 is 2.31 bits per heavy atom. The van der Waals surface area contributed by atoms with E-state index in [0.717, 1.165) is 16.1 Å². The Morgan fingerprint density at radius 1 is 0.846 bits per heavy atom. The second-order valence-corrected chi connectivity index (χ2v) is 8.11. The molecule has 0 unspecified atom stereocenters. The topological polar surface area (TPSA) is 37.2 Å². The van der Waals surface area contributed by atoms with E-state index < -0.39 is 0 Å². The summed E-state index contributed by atoms with van der Waals surface area (Å²) >= 11 is 1.68. The van der Waals surface area contributed by atoms with Gasteiger partial charge in [0.1, 0.15) is 4.70 Å². The molecule has 1 aromatic heterocycles. The van der Waals surface area contributed by atoms with E-state index in [-0.39, 0.29) is 21.3 Å². The minimum Gasteiger partial charge on any atom is -0.872 e. The molecule has 1 N–H and O–H groups in total. The second-order valence-electron chi connectivity index (χ2n) is 7.09. The first-order chi connectivity index (χ1) is 12.1. The molecule has 0 atom stereocenters. The Labute approximate surface area is 160 Å². The van der Waals surface area contributed by atoms with Gasteiger partial charge in [-0.15, -0.1) is 0 Å². The molecule has 0 radical (unpaired) electrons. The standard InChI is InChI=1S/C22H17NOS.Be/c1-22(2)15-9-5-3-7-13(15)19-16(22)11-12-17-20(19)25-21(23-17)14-8-4-6-10-18(14)24;/h3-12,24H,1-2H3;/q;+2. The van der Waals surface area contributed by atoms with Crippen LogP contribution in [0.15, 0.2) is 60.7 Å². The zero-order chi connectivity index (χ0) is 17.2. The van der Waals surface area contributed by atoms with E-state index >= 15 is 0 Å². The molecule has 0 amide bonds. The molecule has 0 spiro atoms. The predicted molar refractivity (Wildman–Crippen MR) is 107 cm³/mol. The van der Waals surface area contributed by atoms with Crippen molar-refractivity contribution in [3.05, 3.63) is 71.8 Å². The number of H-pyrrole nitrogens is 1. The van der Waals surface area contributed by atoms with Gasteiger partial charge < -0.3 is 5.11 Å². The van der Waals surface area contributed by atoms with E-state index in [1.165, 1.54) is 27.0 Å². The molecule has 1 heterocycles. The van der Waals surface area contributed by atoms with E-state index in [1.54, 1.807) is 23.5 Å². The molecule has 0 saturated heterocycles. The van der Waals surface area contributed by atoms with Crippen molar-refractivity contribution in [2.75, 3.05) is 0 Å². The van der Waals surface area contributed by atoms with Gasteiger partial charge in [-0.25, -0.2) is 0 Å². The Balaban J connectivity index is 0.00000168. The first-order valence-corrected chi connectivity index (χ1v) is 9.24. The summed E-state index contributed by atoms with van der Waals surface area (Å²) in [6, 6.07) is 20.3. The fourth-order valence-electron chi connectivity index (χ4n) is 3.99. The van der Waals surface area contributed by atoms with Crippen molar-refractivity contribution in [1.82, 2.24) is 0 Å². The number of rotatable bonds is 1. The average Bonchev–Trinajstić information content (AvgIpc) is 3.13. The molecule has 0 fully saturated rings. The summed E-state index contributed by atoms with van der Waals surface area (Å²) in [6.45, 7) is 4.57. The van der Waals surface area contributed by atoms with Gasteiger partial charge in [-0.3, -0.25) is 0 Å². The molecule has 5 rings (SSSR count). The van der Waals surface area contributed by atoms with Crippen molar-refractivity contribution in [3.63, 3.8) is 0 Å². The van der Waals surface area contributed by atoms with Crippen molar-refractivity contribution in [2.24, 2.45) is 0 Å². The number of hydrogen-bond donors (Lipinski definition) is 0. The van der Waals surface area contributed by atoms with Gasteiger partial charge in [0.15, 0.2) is 0 Å². The van der Waals surface area contributed by atoms with Crippen LogP contribution in [0.1, 0.15) is 25.0 Å². The summed E-state index contributed by atoms with van der Waals surface area (Å²) in [5.41, 5.74) is 7.19. The van der Waals surface area contributed by atoms with Gasteiger partial charge in [0.2, 0.25) is 5.52 Å². The zero-order valence-corrected chi connectivity index (χ0v) is 15.6. The zero-order valence-electron chi connectivity index (χ0n) is 14.8. The number of fused-ring (bicyclic) bond motifs is 5. The number of thiazole rings is 1. The van der Waals surface area contributed by atoms with Gasteiger partial charge in [0.25, 0.3) is 5.01 Å². The molecule has 1 aliphatic carbocycles. The van der Waals surface area contributed by atoms with Gasteiger partial charge in [0, 0.05) is 22.6 Å². The van der Waals surface area contributed by atoms with E-state index in [4.69, 9.17) is 0 Å². The summed E-state index contributed by atoms with van der Waals surface area (Å²) in [6.07, 6.45) is 0. The minimum absolute atomic E-state index is 0. The van der Waals surface area contributed by atoms with E-state index in [2.05, 4.69) is 55.2 Å². The van der Waals surface area contributed by atoms with Crippen molar-refractivity contribution >= 4 is 31.7 Å². The quantitative estimate of drug-likeness (QED) is 0.468. The van der Waals surface area contributed by atoms with Crippen LogP contribution in [0, 0.1) is 0 Å². The molecule has 0 aliphatic heterocycles. The molecular weight excluding hydrogens is 335 g/mol. The third-order valence-corrected chi connectivity index (χ3v) is 6.44. The van der Waals surface area contributed by atoms with Gasteiger partial charge in [-0.05, 0) is 22.8 Å². The van der Waals surface area contributed by atoms with Gasteiger partial charge in [-0.2, -0.15) is 4.98 Å². The first-order valence-electron chi connectivity index (χ1n) is 8.43. The van der Waals surface area contributed by atoms with Gasteiger partial charge in [-0.1, -0.05) is 79.5 Å². The van der Waals surface area contributed by atoms with Crippen molar-refractivity contribution < 1.29 is 10.1 Å². The molecule has 26 heavy (non-hydrogen) atoms. The van der Waals surface area contributed by atoms with E-state index in [9.17, 15) is 5.11 Å². The first kappa shape index (κ1) is 17.0. The third-order valence-electron chi connectivity index (χ3n) is 5.28. The van der Waals surface area contributed by atoms with Crippen LogP contribution in [0.5, 0.6) is 5.75 Å². The molecule has 3 aromatic carbocycles. The van der Waals surface area contributed by atoms with Gasteiger partial charge in [0.05, 0.1) is 0 Å². The SMILES string of the molecule is CC1(C)c2ccccc2-c2c1ccc1[nH+]c(-c3ccccc3[O-])sc21.[Be+2]. The summed E-state index contributed by atoms with van der Waals surface area (Å²) in [5.74, 6) is 0.0580. The Kier molecular flexibility index (Phi) is 3.76. The molecule has 122 valence electrons. The fraction of sp³-hybridized carbons (Fsp3) is 0.136. The molecule has 4 heteroatoms. The summed E-state index contributed by atoms with van der Waals surface area (Å²) in [7, 11) is 0. The smallest absolute Gasteiger partial charge is 0.872 e. The number of para-hydroxylation sites is 1. The van der Waals surface area contributed by atoms with Crippen molar-refractivity contribution in [2.45, 2.75) is 19.3 Å². The van der Waals surface area contributed by atoms with Crippen LogP contribution in [0.4, 0.5) is 0 Å². The molecule has 0 bridgehead atoms. The number of hydrogen-bond acceptors (Lipinski definition) is 2. The molecule has 1 aliphatic rings. The van der Waals surface area contributed by atoms with E-state index in [0.29, 0.717) is 0 Å². The molecule has 0 saturated carbocycles. The van der Waals surface area contributed by atoms with Crippen LogP contribution in [0.2, 0.25) is 0 Å². The van der Waals surface area contributed by atoms with Crippen molar-refractivity contribution in [3.8, 4) is 27.4 Å². The van der Waals surface area contributed by atoms with Crippen LogP contribution in [-0.4, -0.2) is 10.1 Å². The van der Waals surface area contributed by atoms with Crippen LogP contribution in [0.25, 0.3) is 31.9 Å². The summed E-state index contributed by atoms with van der Waals surface area (Å²) in [5, 5.41) is 13.1. The number of benzene rings is 3. The monoisotopic (exact) mass is 352 g/mol. The van der Waals surface area contributed by atoms with Crippen LogP contribution in [0.3, 0.4) is 0 Å². The maximum atomic E-state index is 12.2. The predicted octanol–water partition coefficient (Wildman–Crippen LogP) is 4.38. The van der Waals surface area contributed by atoms with Crippen LogP contribution in [-0.2, 0) is 5.41 Å². The average molecular weight is 352 g/mol. The summed E-state index contributed by atoms with van der Waals surface area (Å²) < 4.78 is 1.23. The Hall–Kier alpha value is -2.48.